The molecule has 3 aliphatic carbocycles. The molecule has 142 valence electrons. The highest BCUT2D eigenvalue weighted by Gasteiger charge is 2.53. The van der Waals surface area contributed by atoms with Crippen LogP contribution in [0.5, 0.6) is 5.75 Å². The fourth-order valence-corrected chi connectivity index (χ4v) is 4.90. The van der Waals surface area contributed by atoms with Crippen LogP contribution in [0, 0.1) is 22.7 Å². The number of fused-ring (bicyclic) bond motifs is 5. The van der Waals surface area contributed by atoms with Gasteiger partial charge in [0, 0.05) is 23.8 Å². The molecule has 0 spiro atoms. The fourth-order valence-electron chi connectivity index (χ4n) is 4.90. The number of ketones is 2. The lowest BCUT2D eigenvalue weighted by atomic mass is 9.60. The van der Waals surface area contributed by atoms with Gasteiger partial charge in [0.15, 0.2) is 5.78 Å². The van der Waals surface area contributed by atoms with Crippen LogP contribution in [0.15, 0.2) is 24.3 Å². The monoisotopic (exact) mass is 366 g/mol. The molecule has 0 radical (unpaired) electrons. The molecule has 0 amide bonds. The van der Waals surface area contributed by atoms with Crippen molar-refractivity contribution in [3.63, 3.8) is 0 Å². The van der Waals surface area contributed by atoms with Crippen LogP contribution in [0.4, 0.5) is 0 Å². The van der Waals surface area contributed by atoms with Crippen molar-refractivity contribution >= 4 is 23.1 Å². The number of Topliss-reactive ketones (excluding diaryl/α,β-unsaturated/α-hetero) is 2. The highest BCUT2D eigenvalue weighted by Crippen LogP contribution is 2.57. The van der Waals surface area contributed by atoms with E-state index in [-0.39, 0.29) is 29.0 Å². The zero-order valence-electron chi connectivity index (χ0n) is 16.4. The van der Waals surface area contributed by atoms with Crippen LogP contribution in [-0.2, 0) is 9.59 Å². The first-order valence-electron chi connectivity index (χ1n) is 9.74. The summed E-state index contributed by atoms with van der Waals surface area (Å²) in [6, 6.07) is 5.37. The van der Waals surface area contributed by atoms with E-state index in [0.717, 1.165) is 18.4 Å². The van der Waals surface area contributed by atoms with Gasteiger partial charge >= 0.3 is 5.97 Å². The zero-order valence-corrected chi connectivity index (χ0v) is 16.4. The largest absolute Gasteiger partial charge is 0.426 e. The van der Waals surface area contributed by atoms with Gasteiger partial charge in [0.05, 0.1) is 5.41 Å². The second-order valence-electron chi connectivity index (χ2n) is 9.43. The Morgan fingerprint density at radius 3 is 2.63 bits per heavy atom. The molecule has 4 heteroatoms. The van der Waals surface area contributed by atoms with Crippen molar-refractivity contribution in [3.8, 4) is 5.75 Å². The van der Waals surface area contributed by atoms with Gasteiger partial charge in [-0.15, -0.1) is 0 Å². The molecule has 3 atom stereocenters. The third kappa shape index (κ3) is 2.77. The van der Waals surface area contributed by atoms with Gasteiger partial charge in [0.25, 0.3) is 0 Å². The number of carbonyl (C=O) groups excluding carboxylic acids is 3. The van der Waals surface area contributed by atoms with Gasteiger partial charge in [-0.25, -0.2) is 0 Å². The molecule has 1 aromatic carbocycles. The predicted octanol–water partition coefficient (Wildman–Crippen LogP) is 4.61. The second-order valence-corrected chi connectivity index (χ2v) is 9.43. The van der Waals surface area contributed by atoms with Crippen molar-refractivity contribution in [2.75, 3.05) is 0 Å². The Kier molecular flexibility index (Phi) is 3.95. The molecule has 0 aliphatic heterocycles. The van der Waals surface area contributed by atoms with E-state index in [1.807, 2.05) is 6.07 Å². The van der Waals surface area contributed by atoms with E-state index in [1.54, 1.807) is 32.9 Å². The summed E-state index contributed by atoms with van der Waals surface area (Å²) in [6.45, 7) is 7.47. The number of allylic oxidation sites excluding steroid dienone is 2. The van der Waals surface area contributed by atoms with Gasteiger partial charge in [0.1, 0.15) is 11.5 Å². The lowest BCUT2D eigenvalue weighted by Gasteiger charge is -2.42. The van der Waals surface area contributed by atoms with Crippen LogP contribution >= 0.6 is 0 Å². The minimum atomic E-state index is -0.601. The second kappa shape index (κ2) is 5.88. The van der Waals surface area contributed by atoms with Crippen LogP contribution in [0.3, 0.4) is 0 Å². The quantitative estimate of drug-likeness (QED) is 0.538. The number of hydrogen-bond donors (Lipinski definition) is 0. The maximum absolute atomic E-state index is 12.9. The summed E-state index contributed by atoms with van der Waals surface area (Å²) in [4.78, 5) is 37.4. The van der Waals surface area contributed by atoms with Gasteiger partial charge in [-0.3, -0.25) is 14.4 Å². The van der Waals surface area contributed by atoms with E-state index in [2.05, 4.69) is 13.0 Å². The first-order valence-corrected chi connectivity index (χ1v) is 9.74. The van der Waals surface area contributed by atoms with Crippen LogP contribution in [0.2, 0.25) is 0 Å². The van der Waals surface area contributed by atoms with E-state index in [9.17, 15) is 14.4 Å². The summed E-state index contributed by atoms with van der Waals surface area (Å²) in [5.41, 5.74) is 1.85. The van der Waals surface area contributed by atoms with E-state index >= 15 is 0 Å². The van der Waals surface area contributed by atoms with Gasteiger partial charge < -0.3 is 4.74 Å². The average molecular weight is 366 g/mol. The molecule has 0 bridgehead atoms. The molecule has 27 heavy (non-hydrogen) atoms. The molecule has 1 fully saturated rings. The summed E-state index contributed by atoms with van der Waals surface area (Å²) < 4.78 is 5.47. The number of rotatable bonds is 1. The first-order chi connectivity index (χ1) is 12.6. The Labute approximate surface area is 160 Å². The Bertz CT molecular complexity index is 886. The van der Waals surface area contributed by atoms with Crippen molar-refractivity contribution < 1.29 is 19.1 Å². The molecule has 0 saturated heterocycles. The number of esters is 1. The highest BCUT2D eigenvalue weighted by atomic mass is 16.5. The minimum absolute atomic E-state index is 0.0735. The third-order valence-corrected chi connectivity index (χ3v) is 6.60. The normalized spacial score (nSPS) is 29.6. The van der Waals surface area contributed by atoms with E-state index in [0.29, 0.717) is 29.9 Å². The van der Waals surface area contributed by atoms with Crippen LogP contribution in [-0.4, -0.2) is 17.5 Å². The number of carbonyl (C=O) groups is 3. The summed E-state index contributed by atoms with van der Waals surface area (Å²) >= 11 is 0. The maximum Gasteiger partial charge on any atom is 0.316 e. The van der Waals surface area contributed by atoms with Gasteiger partial charge in [-0.2, -0.15) is 0 Å². The molecular weight excluding hydrogens is 340 g/mol. The molecule has 0 N–H and O–H groups in total. The molecule has 3 aliphatic rings. The van der Waals surface area contributed by atoms with Crippen molar-refractivity contribution in [1.82, 2.24) is 0 Å². The Balaban J connectivity index is 1.70. The molecule has 0 heterocycles. The maximum atomic E-state index is 12.9. The smallest absolute Gasteiger partial charge is 0.316 e. The van der Waals surface area contributed by atoms with E-state index in [1.165, 1.54) is 5.57 Å². The number of ether oxygens (including phenoxy) is 1. The third-order valence-electron chi connectivity index (χ3n) is 6.60. The van der Waals surface area contributed by atoms with Crippen LogP contribution in [0.1, 0.15) is 69.3 Å². The summed E-state index contributed by atoms with van der Waals surface area (Å²) in [7, 11) is 0. The number of hydrogen-bond acceptors (Lipinski definition) is 4. The topological polar surface area (TPSA) is 60.4 Å². The molecule has 0 aromatic heterocycles. The van der Waals surface area contributed by atoms with Crippen LogP contribution in [0.25, 0.3) is 5.57 Å². The first kappa shape index (κ1) is 18.1. The Morgan fingerprint density at radius 1 is 1.19 bits per heavy atom. The molecule has 3 unspecified atom stereocenters. The van der Waals surface area contributed by atoms with Crippen molar-refractivity contribution in [3.05, 3.63) is 35.4 Å². The summed E-state index contributed by atoms with van der Waals surface area (Å²) in [6.07, 6.45) is 4.85. The SMILES string of the molecule is CC(C)(C)C(=O)Oc1ccc2c(c1)C(=O)CC1C2=CCC2(C)C(=O)CCC12. The highest BCUT2D eigenvalue weighted by molar-refractivity contribution is 6.06. The Morgan fingerprint density at radius 2 is 1.93 bits per heavy atom. The van der Waals surface area contributed by atoms with Crippen molar-refractivity contribution in [2.45, 2.75) is 53.4 Å². The van der Waals surface area contributed by atoms with E-state index in [4.69, 9.17) is 4.74 Å². The fraction of sp³-hybridized carbons (Fsp3) is 0.522. The minimum Gasteiger partial charge on any atom is -0.426 e. The molecular formula is C23H26O4. The molecule has 4 rings (SSSR count). The standard InChI is InChI=1S/C23H26O4/c1-22(2,3)21(26)27-13-5-6-14-15-9-10-23(4)18(7-8-20(23)25)16(15)12-19(24)17(14)11-13/h5-6,9,11,16,18H,7-8,10,12H2,1-4H3. The predicted molar refractivity (Wildman–Crippen MR) is 102 cm³/mol. The van der Waals surface area contributed by atoms with Gasteiger partial charge in [-0.05, 0) is 68.7 Å². The van der Waals surface area contributed by atoms with Gasteiger partial charge in [-0.1, -0.05) is 19.1 Å². The Hall–Kier alpha value is -2.23. The average Bonchev–Trinajstić information content (AvgIpc) is 2.90. The lowest BCUT2D eigenvalue weighted by Crippen LogP contribution is -2.39. The molecule has 1 aromatic rings. The molecule has 4 nitrogen and oxygen atoms in total. The molecule has 1 saturated carbocycles. The zero-order chi connectivity index (χ0) is 19.6. The summed E-state index contributed by atoms with van der Waals surface area (Å²) in [5.74, 6) is 0.882. The van der Waals surface area contributed by atoms with Crippen molar-refractivity contribution in [2.24, 2.45) is 22.7 Å². The number of benzene rings is 1. The lowest BCUT2D eigenvalue weighted by molar-refractivity contribution is -0.143. The van der Waals surface area contributed by atoms with E-state index < -0.39 is 5.41 Å². The van der Waals surface area contributed by atoms with Crippen molar-refractivity contribution in [1.29, 1.82) is 0 Å². The summed E-state index contributed by atoms with van der Waals surface area (Å²) in [5, 5.41) is 0. The van der Waals surface area contributed by atoms with Gasteiger partial charge in [0.2, 0.25) is 0 Å². The van der Waals surface area contributed by atoms with Crippen LogP contribution < -0.4 is 4.74 Å².